The molecule has 4 rings (SSSR count). The van der Waals surface area contributed by atoms with Crippen molar-refractivity contribution in [3.05, 3.63) is 35.7 Å². The van der Waals surface area contributed by atoms with Crippen LogP contribution in [0.3, 0.4) is 0 Å². The first-order chi connectivity index (χ1) is 13.8. The number of anilines is 1. The van der Waals surface area contributed by atoms with Crippen LogP contribution in [0.25, 0.3) is 22.4 Å². The highest BCUT2D eigenvalue weighted by Crippen LogP contribution is 2.31. The van der Waals surface area contributed by atoms with Gasteiger partial charge in [-0.2, -0.15) is 13.2 Å². The van der Waals surface area contributed by atoms with E-state index in [1.165, 1.54) is 18.0 Å². The van der Waals surface area contributed by atoms with Crippen LogP contribution in [0.1, 0.15) is 0 Å². The van der Waals surface area contributed by atoms with E-state index in [0.717, 1.165) is 5.39 Å². The van der Waals surface area contributed by atoms with Gasteiger partial charge in [0.15, 0.2) is 5.82 Å². The summed E-state index contributed by atoms with van der Waals surface area (Å²) < 4.78 is 37.3. The molecule has 7 nitrogen and oxygen atoms in total. The molecule has 0 aliphatic carbocycles. The Morgan fingerprint density at radius 2 is 2.24 bits per heavy atom. The Hall–Kier alpha value is -2.53. The summed E-state index contributed by atoms with van der Waals surface area (Å²) in [5.74, 6) is 0.966. The summed E-state index contributed by atoms with van der Waals surface area (Å²) in [5.41, 5.74) is 1.31. The Bertz CT molecular complexity index is 1060. The van der Waals surface area contributed by atoms with Crippen molar-refractivity contribution in [2.45, 2.75) is 12.2 Å². The second-order valence-corrected chi connectivity index (χ2v) is 7.75. The summed E-state index contributed by atoms with van der Waals surface area (Å²) in [7, 11) is 0. The number of amides is 1. The Morgan fingerprint density at radius 3 is 3.03 bits per heavy atom. The normalized spacial score (nSPS) is 17.1. The van der Waals surface area contributed by atoms with E-state index in [2.05, 4.69) is 19.9 Å². The molecule has 3 aromatic rings. The molecule has 1 fully saturated rings. The molecule has 0 spiro atoms. The summed E-state index contributed by atoms with van der Waals surface area (Å²) >= 11 is 7.48. The molecule has 1 saturated heterocycles. The minimum absolute atomic E-state index is 0.371. The molecule has 2 N–H and O–H groups in total. The summed E-state index contributed by atoms with van der Waals surface area (Å²) in [6, 6.07) is 2.62. The van der Waals surface area contributed by atoms with E-state index >= 15 is 0 Å². The number of carbonyl (C=O) groups excluding carboxylic acids is 1. The first kappa shape index (κ1) is 19.8. The van der Waals surface area contributed by atoms with Crippen LogP contribution in [0, 0.1) is 0 Å². The van der Waals surface area contributed by atoms with Crippen molar-refractivity contribution in [1.29, 1.82) is 0 Å². The third-order valence-electron chi connectivity index (χ3n) is 4.32. The number of H-pyrrole nitrogens is 1. The van der Waals surface area contributed by atoms with Crippen LogP contribution in [-0.4, -0.2) is 56.2 Å². The highest BCUT2D eigenvalue weighted by molar-refractivity contribution is 7.99. The summed E-state index contributed by atoms with van der Waals surface area (Å²) in [5, 5.41) is 3.15. The quantitative estimate of drug-likeness (QED) is 0.645. The monoisotopic (exact) mass is 442 g/mol. The lowest BCUT2D eigenvalue weighted by Gasteiger charge is -2.24. The van der Waals surface area contributed by atoms with Crippen molar-refractivity contribution in [2.75, 3.05) is 23.1 Å². The molecule has 1 atom stereocenters. The zero-order chi connectivity index (χ0) is 20.6. The molecule has 152 valence electrons. The minimum Gasteiger partial charge on any atom is -0.345 e. The molecule has 1 amide bonds. The number of nitrogens with one attached hydrogen (secondary N) is 2. The third kappa shape index (κ3) is 4.25. The lowest BCUT2D eigenvalue weighted by atomic mass is 10.2. The van der Waals surface area contributed by atoms with Gasteiger partial charge in [0.1, 0.15) is 24.1 Å². The van der Waals surface area contributed by atoms with Gasteiger partial charge in [-0.05, 0) is 12.1 Å². The SMILES string of the molecule is O=C(NCC(F)(F)F)[C@@H]1CSCN1c1ccnc(-c2c[nH]c3ncc(Cl)cc23)n1. The van der Waals surface area contributed by atoms with Crippen LogP contribution in [0.4, 0.5) is 19.0 Å². The lowest BCUT2D eigenvalue weighted by Crippen LogP contribution is -2.47. The number of pyridine rings is 1. The highest BCUT2D eigenvalue weighted by atomic mass is 35.5. The summed E-state index contributed by atoms with van der Waals surface area (Å²) in [6.07, 6.45) is 0.313. The second-order valence-electron chi connectivity index (χ2n) is 6.31. The number of aromatic nitrogens is 4. The average molecular weight is 443 g/mol. The van der Waals surface area contributed by atoms with Crippen LogP contribution in [0.15, 0.2) is 30.7 Å². The van der Waals surface area contributed by atoms with Crippen LogP contribution in [-0.2, 0) is 4.79 Å². The van der Waals surface area contributed by atoms with Gasteiger partial charge < -0.3 is 15.2 Å². The second kappa shape index (κ2) is 7.71. The van der Waals surface area contributed by atoms with E-state index in [1.807, 2.05) is 5.32 Å². The number of thioether (sulfide) groups is 1. The molecule has 0 saturated carbocycles. The maximum absolute atomic E-state index is 12.4. The Labute approximate surface area is 172 Å². The zero-order valence-electron chi connectivity index (χ0n) is 14.7. The Balaban J connectivity index is 1.61. The van der Waals surface area contributed by atoms with E-state index in [9.17, 15) is 18.0 Å². The van der Waals surface area contributed by atoms with Gasteiger partial charge >= 0.3 is 6.18 Å². The van der Waals surface area contributed by atoms with Crippen LogP contribution in [0.5, 0.6) is 0 Å². The Morgan fingerprint density at radius 1 is 1.41 bits per heavy atom. The van der Waals surface area contributed by atoms with Gasteiger partial charge in [0.25, 0.3) is 0 Å². The van der Waals surface area contributed by atoms with Crippen molar-refractivity contribution < 1.29 is 18.0 Å². The number of fused-ring (bicyclic) bond motifs is 1. The van der Waals surface area contributed by atoms with Crippen molar-refractivity contribution in [2.24, 2.45) is 0 Å². The topological polar surface area (TPSA) is 86.8 Å². The number of aromatic amines is 1. The number of nitrogens with zero attached hydrogens (tertiary/aromatic N) is 4. The van der Waals surface area contributed by atoms with E-state index in [1.54, 1.807) is 29.4 Å². The molecule has 0 radical (unpaired) electrons. The molecule has 29 heavy (non-hydrogen) atoms. The Kier molecular flexibility index (Phi) is 5.26. The van der Waals surface area contributed by atoms with Gasteiger partial charge in [0.05, 0.1) is 10.9 Å². The van der Waals surface area contributed by atoms with Crippen LogP contribution < -0.4 is 10.2 Å². The van der Waals surface area contributed by atoms with Crippen molar-refractivity contribution in [3.8, 4) is 11.4 Å². The molecule has 3 aromatic heterocycles. The molecular weight excluding hydrogens is 429 g/mol. The van der Waals surface area contributed by atoms with Crippen molar-refractivity contribution in [3.63, 3.8) is 0 Å². The van der Waals surface area contributed by atoms with Gasteiger partial charge in [0, 0.05) is 35.3 Å². The predicted molar refractivity (Wildman–Crippen MR) is 105 cm³/mol. The number of hydrogen-bond donors (Lipinski definition) is 2. The fourth-order valence-corrected chi connectivity index (χ4v) is 4.32. The standard InChI is InChI=1S/C17H14ClF3N6OS/c18-9-3-10-11(5-24-14(10)23-4-9)15-22-2-1-13(26-15)27-8-29-6-12(27)16(28)25-7-17(19,20)21/h1-5,12H,6-8H2,(H,23,24)(H,25,28)/t12-/m0/s1. The van der Waals surface area contributed by atoms with Gasteiger partial charge in [0.2, 0.25) is 5.91 Å². The molecule has 1 aliphatic heterocycles. The molecule has 0 aromatic carbocycles. The van der Waals surface area contributed by atoms with E-state index in [-0.39, 0.29) is 0 Å². The summed E-state index contributed by atoms with van der Waals surface area (Å²) in [6.45, 7) is -1.36. The molecule has 1 aliphatic rings. The number of rotatable bonds is 4. The molecule has 12 heteroatoms. The maximum atomic E-state index is 12.4. The largest absolute Gasteiger partial charge is 0.405 e. The van der Waals surface area contributed by atoms with E-state index < -0.39 is 24.7 Å². The molecule has 4 heterocycles. The number of hydrogen-bond acceptors (Lipinski definition) is 6. The van der Waals surface area contributed by atoms with Gasteiger partial charge in [-0.1, -0.05) is 11.6 Å². The fourth-order valence-electron chi connectivity index (χ4n) is 2.99. The average Bonchev–Trinajstić information content (AvgIpc) is 3.32. The van der Waals surface area contributed by atoms with Crippen molar-refractivity contribution >= 4 is 46.1 Å². The van der Waals surface area contributed by atoms with Gasteiger partial charge in [-0.15, -0.1) is 11.8 Å². The molecule has 0 unspecified atom stereocenters. The lowest BCUT2D eigenvalue weighted by molar-refractivity contribution is -0.138. The van der Waals surface area contributed by atoms with E-state index in [0.29, 0.717) is 39.5 Å². The number of alkyl halides is 3. The van der Waals surface area contributed by atoms with Crippen LogP contribution in [0.2, 0.25) is 5.02 Å². The smallest absolute Gasteiger partial charge is 0.345 e. The van der Waals surface area contributed by atoms with Crippen LogP contribution >= 0.6 is 23.4 Å². The predicted octanol–water partition coefficient (Wildman–Crippen LogP) is 3.23. The maximum Gasteiger partial charge on any atom is 0.405 e. The van der Waals surface area contributed by atoms with E-state index in [4.69, 9.17) is 11.6 Å². The zero-order valence-corrected chi connectivity index (χ0v) is 16.3. The first-order valence-electron chi connectivity index (χ1n) is 8.47. The summed E-state index contributed by atoms with van der Waals surface area (Å²) in [4.78, 5) is 30.0. The fraction of sp³-hybridized carbons (Fsp3) is 0.294. The molecular formula is C17H14ClF3N6OS. The van der Waals surface area contributed by atoms with Gasteiger partial charge in [-0.3, -0.25) is 4.79 Å². The third-order valence-corrected chi connectivity index (χ3v) is 5.54. The molecule has 0 bridgehead atoms. The number of carbonyl (C=O) groups is 1. The number of halogens is 4. The first-order valence-corrected chi connectivity index (χ1v) is 10.00. The highest BCUT2D eigenvalue weighted by Gasteiger charge is 2.35. The van der Waals surface area contributed by atoms with Gasteiger partial charge in [-0.25, -0.2) is 15.0 Å². The minimum atomic E-state index is -4.46. The van der Waals surface area contributed by atoms with Crippen molar-refractivity contribution in [1.82, 2.24) is 25.3 Å².